The van der Waals surface area contributed by atoms with Crippen LogP contribution in [0.25, 0.3) is 0 Å². The molecule has 1 unspecified atom stereocenters. The third-order valence-corrected chi connectivity index (χ3v) is 5.25. The zero-order valence-corrected chi connectivity index (χ0v) is 14.0. The van der Waals surface area contributed by atoms with Gasteiger partial charge in [-0.1, -0.05) is 28.9 Å². The van der Waals surface area contributed by atoms with E-state index in [2.05, 4.69) is 20.7 Å². The quantitative estimate of drug-likeness (QED) is 0.750. The molecule has 1 aromatic rings. The van der Waals surface area contributed by atoms with E-state index in [1.54, 1.807) is 26.2 Å². The van der Waals surface area contributed by atoms with Crippen LogP contribution in [0.5, 0.6) is 0 Å². The molecular formula is C12H17BrClNO3S. The molecule has 0 radical (unpaired) electrons. The number of ether oxygens (including phenoxy) is 1. The Balaban J connectivity index is 2.96. The van der Waals surface area contributed by atoms with Gasteiger partial charge in [0.25, 0.3) is 0 Å². The van der Waals surface area contributed by atoms with Crippen LogP contribution >= 0.6 is 27.5 Å². The van der Waals surface area contributed by atoms with E-state index in [9.17, 15) is 8.42 Å². The second-order valence-corrected chi connectivity index (χ2v) is 7.27. The lowest BCUT2D eigenvalue weighted by atomic mass is 10.2. The Kier molecular flexibility index (Phi) is 6.59. The van der Waals surface area contributed by atoms with Crippen molar-refractivity contribution >= 4 is 43.2 Å². The van der Waals surface area contributed by atoms with Gasteiger partial charge in [0.2, 0.25) is 10.0 Å². The SMILES string of the molecule is COCc1c(Br)cccc1NS(=O)(=O)CC(C)CCl. The summed E-state index contributed by atoms with van der Waals surface area (Å²) in [5.74, 6) is 0.205. The monoisotopic (exact) mass is 369 g/mol. The Hall–Kier alpha value is -0.300. The second-order valence-electron chi connectivity index (χ2n) is 4.34. The van der Waals surface area contributed by atoms with Crippen molar-refractivity contribution in [2.45, 2.75) is 13.5 Å². The van der Waals surface area contributed by atoms with Crippen LogP contribution in [0.4, 0.5) is 5.69 Å². The Morgan fingerprint density at radius 3 is 2.74 bits per heavy atom. The summed E-state index contributed by atoms with van der Waals surface area (Å²) in [6.45, 7) is 2.12. The van der Waals surface area contributed by atoms with E-state index in [1.165, 1.54) is 0 Å². The van der Waals surface area contributed by atoms with Gasteiger partial charge in [0, 0.05) is 23.0 Å². The summed E-state index contributed by atoms with van der Waals surface area (Å²) in [6.07, 6.45) is 0. The van der Waals surface area contributed by atoms with Gasteiger partial charge in [-0.05, 0) is 18.1 Å². The van der Waals surface area contributed by atoms with Gasteiger partial charge in [-0.25, -0.2) is 8.42 Å². The molecule has 0 heterocycles. The average Bonchev–Trinajstić information content (AvgIpc) is 2.32. The maximum atomic E-state index is 12.0. The number of rotatable bonds is 7. The number of benzene rings is 1. The lowest BCUT2D eigenvalue weighted by molar-refractivity contribution is 0.185. The molecule has 1 aromatic carbocycles. The summed E-state index contributed by atoms with van der Waals surface area (Å²) >= 11 is 9.03. The van der Waals surface area contributed by atoms with E-state index in [1.807, 2.05) is 6.07 Å². The van der Waals surface area contributed by atoms with E-state index < -0.39 is 10.0 Å². The van der Waals surface area contributed by atoms with Crippen LogP contribution in [0.3, 0.4) is 0 Å². The molecule has 1 atom stereocenters. The fourth-order valence-corrected chi connectivity index (χ4v) is 3.77. The van der Waals surface area contributed by atoms with Crippen molar-refractivity contribution in [3.63, 3.8) is 0 Å². The maximum absolute atomic E-state index is 12.0. The molecule has 0 amide bonds. The van der Waals surface area contributed by atoms with Crippen molar-refractivity contribution in [3.8, 4) is 0 Å². The molecule has 19 heavy (non-hydrogen) atoms. The van der Waals surface area contributed by atoms with Crippen molar-refractivity contribution in [3.05, 3.63) is 28.2 Å². The average molecular weight is 371 g/mol. The minimum Gasteiger partial charge on any atom is -0.380 e. The summed E-state index contributed by atoms with van der Waals surface area (Å²) in [6, 6.07) is 5.32. The Morgan fingerprint density at radius 1 is 1.47 bits per heavy atom. The van der Waals surface area contributed by atoms with E-state index in [-0.39, 0.29) is 11.7 Å². The highest BCUT2D eigenvalue weighted by Gasteiger charge is 2.17. The molecule has 1 rings (SSSR count). The molecule has 4 nitrogen and oxygen atoms in total. The molecule has 0 aliphatic rings. The highest BCUT2D eigenvalue weighted by atomic mass is 79.9. The molecule has 108 valence electrons. The number of alkyl halides is 1. The number of hydrogen-bond acceptors (Lipinski definition) is 3. The van der Waals surface area contributed by atoms with E-state index in [0.29, 0.717) is 18.2 Å². The zero-order chi connectivity index (χ0) is 14.5. The number of anilines is 1. The van der Waals surface area contributed by atoms with Gasteiger partial charge in [-0.15, -0.1) is 11.6 Å². The minimum atomic E-state index is -3.41. The van der Waals surface area contributed by atoms with Crippen LogP contribution in [-0.4, -0.2) is 27.2 Å². The fraction of sp³-hybridized carbons (Fsp3) is 0.500. The smallest absolute Gasteiger partial charge is 0.233 e. The van der Waals surface area contributed by atoms with Crippen LogP contribution in [0.15, 0.2) is 22.7 Å². The van der Waals surface area contributed by atoms with Crippen LogP contribution < -0.4 is 4.72 Å². The maximum Gasteiger partial charge on any atom is 0.233 e. The first kappa shape index (κ1) is 16.8. The molecule has 0 fully saturated rings. The molecule has 1 N–H and O–H groups in total. The van der Waals surface area contributed by atoms with Crippen molar-refractivity contribution in [2.75, 3.05) is 23.5 Å². The minimum absolute atomic E-state index is 0.00453. The summed E-state index contributed by atoms with van der Waals surface area (Å²) < 4.78 is 32.5. The highest BCUT2D eigenvalue weighted by Crippen LogP contribution is 2.26. The first-order valence-electron chi connectivity index (χ1n) is 5.72. The number of nitrogens with one attached hydrogen (secondary N) is 1. The molecule has 0 aromatic heterocycles. The van der Waals surface area contributed by atoms with E-state index in [0.717, 1.165) is 10.0 Å². The zero-order valence-electron chi connectivity index (χ0n) is 10.8. The normalized spacial score (nSPS) is 13.3. The largest absolute Gasteiger partial charge is 0.380 e. The van der Waals surface area contributed by atoms with Gasteiger partial charge < -0.3 is 4.74 Å². The molecule has 0 saturated heterocycles. The lowest BCUT2D eigenvalue weighted by Gasteiger charge is -2.15. The summed E-state index contributed by atoms with van der Waals surface area (Å²) in [5, 5.41) is 0. The molecule has 0 saturated carbocycles. The van der Waals surface area contributed by atoms with Gasteiger partial charge in [0.1, 0.15) is 0 Å². The number of sulfonamides is 1. The third kappa shape index (κ3) is 5.30. The number of hydrogen-bond donors (Lipinski definition) is 1. The Labute approximate surface area is 127 Å². The van der Waals surface area contributed by atoms with Gasteiger partial charge >= 0.3 is 0 Å². The van der Waals surface area contributed by atoms with Crippen LogP contribution in [0, 0.1) is 5.92 Å². The standard InChI is InChI=1S/C12H17BrClNO3S/c1-9(6-14)8-19(16,17)15-12-5-3-4-11(13)10(12)7-18-2/h3-5,9,15H,6-8H2,1-2H3. The number of halogens is 2. The number of methoxy groups -OCH3 is 1. The molecular weight excluding hydrogens is 354 g/mol. The summed E-state index contributed by atoms with van der Waals surface area (Å²) in [7, 11) is -1.85. The first-order chi connectivity index (χ1) is 8.89. The van der Waals surface area contributed by atoms with Gasteiger partial charge in [-0.2, -0.15) is 0 Å². The van der Waals surface area contributed by atoms with Crippen LogP contribution in [0.2, 0.25) is 0 Å². The molecule has 7 heteroatoms. The fourth-order valence-electron chi connectivity index (χ4n) is 1.57. The second kappa shape index (κ2) is 7.47. The molecule has 0 aliphatic heterocycles. The van der Waals surface area contributed by atoms with Crippen molar-refractivity contribution < 1.29 is 13.2 Å². The van der Waals surface area contributed by atoms with Gasteiger partial charge in [0.15, 0.2) is 0 Å². The van der Waals surface area contributed by atoms with Gasteiger partial charge in [0.05, 0.1) is 18.0 Å². The summed E-state index contributed by atoms with van der Waals surface area (Å²) in [4.78, 5) is 0. The molecule has 0 spiro atoms. The lowest BCUT2D eigenvalue weighted by Crippen LogP contribution is -2.22. The molecule has 0 bridgehead atoms. The molecule has 0 aliphatic carbocycles. The van der Waals surface area contributed by atoms with Crippen LogP contribution in [0.1, 0.15) is 12.5 Å². The Bertz CT molecular complexity index is 522. The predicted octanol–water partition coefficient (Wildman–Crippen LogP) is 3.21. The third-order valence-electron chi connectivity index (χ3n) is 2.44. The van der Waals surface area contributed by atoms with Gasteiger partial charge in [-0.3, -0.25) is 4.72 Å². The Morgan fingerprint density at radius 2 is 2.16 bits per heavy atom. The van der Waals surface area contributed by atoms with E-state index >= 15 is 0 Å². The van der Waals surface area contributed by atoms with E-state index in [4.69, 9.17) is 16.3 Å². The summed E-state index contributed by atoms with van der Waals surface area (Å²) in [5.41, 5.74) is 1.30. The first-order valence-corrected chi connectivity index (χ1v) is 8.70. The van der Waals surface area contributed by atoms with Crippen molar-refractivity contribution in [1.29, 1.82) is 0 Å². The van der Waals surface area contributed by atoms with Crippen LogP contribution in [-0.2, 0) is 21.4 Å². The van der Waals surface area contributed by atoms with Crippen molar-refractivity contribution in [1.82, 2.24) is 0 Å². The van der Waals surface area contributed by atoms with Crippen molar-refractivity contribution in [2.24, 2.45) is 5.92 Å². The predicted molar refractivity (Wildman–Crippen MR) is 82.1 cm³/mol. The highest BCUT2D eigenvalue weighted by molar-refractivity contribution is 9.10. The topological polar surface area (TPSA) is 55.4 Å².